The van der Waals surface area contributed by atoms with Gasteiger partial charge in [-0.1, -0.05) is 54.1 Å². The molecule has 1 amide bonds. The number of amides is 1. The van der Waals surface area contributed by atoms with Gasteiger partial charge in [0, 0.05) is 25.2 Å². The molecule has 5 heteroatoms. The SMILES string of the molecule is CC(=O)N[C@@H](C)/C=C/c1ccc(Oc2ccc(-c3ccccc3C)cc2Cl)nc1. The lowest BCUT2D eigenvalue weighted by Gasteiger charge is -2.10. The number of hydrogen-bond donors (Lipinski definition) is 1. The van der Waals surface area contributed by atoms with E-state index < -0.39 is 0 Å². The van der Waals surface area contributed by atoms with E-state index in [0.717, 1.165) is 16.7 Å². The second kappa shape index (κ2) is 9.39. The van der Waals surface area contributed by atoms with Gasteiger partial charge >= 0.3 is 0 Å². The van der Waals surface area contributed by atoms with Gasteiger partial charge in [0.1, 0.15) is 5.75 Å². The van der Waals surface area contributed by atoms with E-state index in [-0.39, 0.29) is 11.9 Å². The first kappa shape index (κ1) is 20.6. The lowest BCUT2D eigenvalue weighted by atomic mass is 10.0. The topological polar surface area (TPSA) is 51.2 Å². The number of halogens is 1. The monoisotopic (exact) mass is 406 g/mol. The van der Waals surface area contributed by atoms with E-state index in [1.165, 1.54) is 12.5 Å². The Morgan fingerprint density at radius 1 is 1.17 bits per heavy atom. The van der Waals surface area contributed by atoms with Crippen LogP contribution in [0.2, 0.25) is 5.02 Å². The van der Waals surface area contributed by atoms with Crippen LogP contribution in [0, 0.1) is 6.92 Å². The van der Waals surface area contributed by atoms with Gasteiger partial charge < -0.3 is 10.1 Å². The molecule has 3 aromatic rings. The third kappa shape index (κ3) is 5.69. The van der Waals surface area contributed by atoms with Crippen molar-refractivity contribution in [1.82, 2.24) is 10.3 Å². The lowest BCUT2D eigenvalue weighted by Crippen LogP contribution is -2.28. The van der Waals surface area contributed by atoms with Crippen molar-refractivity contribution >= 4 is 23.6 Å². The molecule has 1 N–H and O–H groups in total. The maximum absolute atomic E-state index is 11.0. The fourth-order valence-electron chi connectivity index (χ4n) is 2.94. The van der Waals surface area contributed by atoms with Crippen LogP contribution in [0.15, 0.2) is 66.9 Å². The van der Waals surface area contributed by atoms with Crippen LogP contribution in [0.5, 0.6) is 11.6 Å². The molecular formula is C24H23ClN2O2. The van der Waals surface area contributed by atoms with Crippen molar-refractivity contribution in [3.05, 3.63) is 83.0 Å². The Balaban J connectivity index is 1.69. The molecule has 1 atom stereocenters. The summed E-state index contributed by atoms with van der Waals surface area (Å²) < 4.78 is 5.84. The van der Waals surface area contributed by atoms with Gasteiger partial charge in [-0.25, -0.2) is 4.98 Å². The molecule has 0 aliphatic heterocycles. The molecule has 0 spiro atoms. The number of hydrogen-bond acceptors (Lipinski definition) is 3. The Kier molecular flexibility index (Phi) is 6.68. The Labute approximate surface area is 176 Å². The quantitative estimate of drug-likeness (QED) is 0.542. The highest BCUT2D eigenvalue weighted by molar-refractivity contribution is 6.32. The third-order valence-corrected chi connectivity index (χ3v) is 4.67. The summed E-state index contributed by atoms with van der Waals surface area (Å²) in [5.74, 6) is 0.955. The molecule has 1 heterocycles. The van der Waals surface area contributed by atoms with Crippen molar-refractivity contribution < 1.29 is 9.53 Å². The van der Waals surface area contributed by atoms with Crippen LogP contribution in [0.1, 0.15) is 25.0 Å². The Morgan fingerprint density at radius 3 is 2.62 bits per heavy atom. The minimum Gasteiger partial charge on any atom is -0.437 e. The smallest absolute Gasteiger partial charge is 0.219 e. The minimum atomic E-state index is -0.0608. The van der Waals surface area contributed by atoms with Gasteiger partial charge in [0.15, 0.2) is 0 Å². The summed E-state index contributed by atoms with van der Waals surface area (Å²) in [4.78, 5) is 15.4. The summed E-state index contributed by atoms with van der Waals surface area (Å²) in [5.41, 5.74) is 4.29. The highest BCUT2D eigenvalue weighted by Gasteiger charge is 2.08. The summed E-state index contributed by atoms with van der Waals surface area (Å²) in [7, 11) is 0. The van der Waals surface area contributed by atoms with Gasteiger partial charge in [-0.05, 0) is 54.3 Å². The molecular weight excluding hydrogens is 384 g/mol. The molecule has 0 radical (unpaired) electrons. The maximum Gasteiger partial charge on any atom is 0.219 e. The van der Waals surface area contributed by atoms with E-state index in [9.17, 15) is 4.79 Å². The number of nitrogens with one attached hydrogen (secondary N) is 1. The summed E-state index contributed by atoms with van der Waals surface area (Å²) in [6.45, 7) is 5.48. The van der Waals surface area contributed by atoms with Gasteiger partial charge in [-0.15, -0.1) is 0 Å². The lowest BCUT2D eigenvalue weighted by molar-refractivity contribution is -0.119. The van der Waals surface area contributed by atoms with Gasteiger partial charge in [-0.3, -0.25) is 4.79 Å². The number of aromatic nitrogens is 1. The summed E-state index contributed by atoms with van der Waals surface area (Å²) in [6.07, 6.45) is 5.52. The predicted octanol–water partition coefficient (Wildman–Crippen LogP) is 6.04. The molecule has 148 valence electrons. The Morgan fingerprint density at radius 2 is 1.97 bits per heavy atom. The molecule has 0 aliphatic carbocycles. The van der Waals surface area contributed by atoms with Crippen LogP contribution >= 0.6 is 11.6 Å². The molecule has 0 fully saturated rings. The van der Waals surface area contributed by atoms with Crippen LogP contribution in [0.3, 0.4) is 0 Å². The first-order valence-corrected chi connectivity index (χ1v) is 9.75. The molecule has 3 rings (SSSR count). The third-order valence-electron chi connectivity index (χ3n) is 4.37. The average molecular weight is 407 g/mol. The van der Waals surface area contributed by atoms with Crippen molar-refractivity contribution in [1.29, 1.82) is 0 Å². The zero-order chi connectivity index (χ0) is 20.8. The predicted molar refractivity (Wildman–Crippen MR) is 118 cm³/mol. The zero-order valence-electron chi connectivity index (χ0n) is 16.6. The highest BCUT2D eigenvalue weighted by Crippen LogP contribution is 2.33. The van der Waals surface area contributed by atoms with Crippen molar-refractivity contribution in [2.75, 3.05) is 0 Å². The largest absolute Gasteiger partial charge is 0.437 e. The van der Waals surface area contributed by atoms with Crippen LogP contribution in [-0.4, -0.2) is 16.9 Å². The molecule has 0 saturated carbocycles. The second-order valence-corrected chi connectivity index (χ2v) is 7.25. The summed E-state index contributed by atoms with van der Waals surface area (Å²) in [5, 5.41) is 3.33. The van der Waals surface area contributed by atoms with E-state index in [0.29, 0.717) is 16.7 Å². The van der Waals surface area contributed by atoms with E-state index in [2.05, 4.69) is 29.4 Å². The molecule has 0 unspecified atom stereocenters. The number of rotatable bonds is 6. The summed E-state index contributed by atoms with van der Waals surface area (Å²) >= 11 is 6.44. The number of carbonyl (C=O) groups is 1. The summed E-state index contributed by atoms with van der Waals surface area (Å²) in [6, 6.07) is 17.6. The first-order valence-electron chi connectivity index (χ1n) is 9.37. The standard InChI is InChI=1S/C24H23ClN2O2/c1-16-6-4-5-7-21(16)20-11-12-23(22(25)14-20)29-24-13-10-19(15-26-24)9-8-17(2)27-18(3)28/h4-15,17H,1-3H3,(H,27,28)/b9-8+/t17-/m0/s1. The van der Waals surface area contributed by atoms with E-state index in [4.69, 9.17) is 16.3 Å². The molecule has 4 nitrogen and oxygen atoms in total. The average Bonchev–Trinajstić information content (AvgIpc) is 2.69. The number of aryl methyl sites for hydroxylation is 1. The molecule has 29 heavy (non-hydrogen) atoms. The first-order chi connectivity index (χ1) is 13.9. The number of benzene rings is 2. The fraction of sp³-hybridized carbons (Fsp3) is 0.167. The number of ether oxygens (including phenoxy) is 1. The van der Waals surface area contributed by atoms with E-state index in [1.807, 2.05) is 55.5 Å². The van der Waals surface area contributed by atoms with Gasteiger partial charge in [0.05, 0.1) is 5.02 Å². The maximum atomic E-state index is 11.0. The molecule has 0 aliphatic rings. The molecule has 1 aromatic heterocycles. The molecule has 0 bridgehead atoms. The van der Waals surface area contributed by atoms with Crippen molar-refractivity contribution in [3.63, 3.8) is 0 Å². The number of pyridine rings is 1. The van der Waals surface area contributed by atoms with Crippen LogP contribution in [-0.2, 0) is 4.79 Å². The van der Waals surface area contributed by atoms with Gasteiger partial charge in [0.25, 0.3) is 0 Å². The minimum absolute atomic E-state index is 0.0472. The molecule has 2 aromatic carbocycles. The Hall–Kier alpha value is -3.11. The highest BCUT2D eigenvalue weighted by atomic mass is 35.5. The van der Waals surface area contributed by atoms with Crippen LogP contribution in [0.25, 0.3) is 17.2 Å². The number of carbonyl (C=O) groups excluding carboxylic acids is 1. The zero-order valence-corrected chi connectivity index (χ0v) is 17.4. The Bertz CT molecular complexity index is 1030. The van der Waals surface area contributed by atoms with Gasteiger partial charge in [0.2, 0.25) is 11.8 Å². The molecule has 0 saturated heterocycles. The van der Waals surface area contributed by atoms with E-state index >= 15 is 0 Å². The van der Waals surface area contributed by atoms with Gasteiger partial charge in [-0.2, -0.15) is 0 Å². The van der Waals surface area contributed by atoms with Crippen molar-refractivity contribution in [2.24, 2.45) is 0 Å². The second-order valence-electron chi connectivity index (χ2n) is 6.84. The normalized spacial score (nSPS) is 12.0. The van der Waals surface area contributed by atoms with Crippen molar-refractivity contribution in [2.45, 2.75) is 26.8 Å². The van der Waals surface area contributed by atoms with Crippen LogP contribution < -0.4 is 10.1 Å². The van der Waals surface area contributed by atoms with Crippen LogP contribution in [0.4, 0.5) is 0 Å². The number of nitrogens with zero attached hydrogens (tertiary/aromatic N) is 1. The fourth-order valence-corrected chi connectivity index (χ4v) is 3.15. The van der Waals surface area contributed by atoms with Crippen molar-refractivity contribution in [3.8, 4) is 22.8 Å². The van der Waals surface area contributed by atoms with E-state index in [1.54, 1.807) is 12.3 Å².